The van der Waals surface area contributed by atoms with E-state index >= 15 is 0 Å². The van der Waals surface area contributed by atoms with E-state index in [0.717, 1.165) is 28.0 Å². The third-order valence-corrected chi connectivity index (χ3v) is 5.05. The van der Waals surface area contributed by atoms with Gasteiger partial charge < -0.3 is 9.47 Å². The third kappa shape index (κ3) is 4.53. The predicted octanol–water partition coefficient (Wildman–Crippen LogP) is 3.01. The summed E-state index contributed by atoms with van der Waals surface area (Å²) in [6, 6.07) is 40.1. The van der Waals surface area contributed by atoms with Crippen LogP contribution in [0.1, 0.15) is 22.3 Å². The third-order valence-electron chi connectivity index (χ3n) is 5.05. The molecule has 2 nitrogen and oxygen atoms in total. The first-order valence-corrected chi connectivity index (χ1v) is 9.68. The molecule has 30 heavy (non-hydrogen) atoms. The Kier molecular flexibility index (Phi) is 7.55. The van der Waals surface area contributed by atoms with Crippen LogP contribution in [0, 0.1) is 6.07 Å². The average molecular weight is 386 g/mol. The van der Waals surface area contributed by atoms with Gasteiger partial charge in [0.05, 0.1) is 13.7 Å². The second-order valence-electron chi connectivity index (χ2n) is 6.82. The first kappa shape index (κ1) is 21.9. The fraction of sp³-hybridized carbons (Fsp3) is 0.111. The molecule has 0 atom stereocenters. The maximum absolute atomic E-state index is 6.79. The van der Waals surface area contributed by atoms with Crippen molar-refractivity contribution in [2.24, 2.45) is 0 Å². The average Bonchev–Trinajstić information content (AvgIpc) is 2.82. The molecule has 0 bridgehead atoms. The summed E-state index contributed by atoms with van der Waals surface area (Å²) in [7, 11) is 1.67. The van der Waals surface area contributed by atoms with Crippen LogP contribution < -0.4 is 23.6 Å². The zero-order chi connectivity index (χ0) is 19.9. The van der Waals surface area contributed by atoms with Gasteiger partial charge in [0, 0.05) is 5.75 Å². The molecular formula is C27H23LiO2. The van der Waals surface area contributed by atoms with Gasteiger partial charge in [-0.25, -0.2) is 0 Å². The topological polar surface area (TPSA) is 18.5 Å². The van der Waals surface area contributed by atoms with Crippen molar-refractivity contribution in [3.63, 3.8) is 0 Å². The fourth-order valence-corrected chi connectivity index (χ4v) is 3.66. The number of rotatable bonds is 7. The van der Waals surface area contributed by atoms with Crippen LogP contribution in [0.2, 0.25) is 0 Å². The molecule has 0 fully saturated rings. The Labute approximate surface area is 190 Å². The minimum absolute atomic E-state index is 0. The van der Waals surface area contributed by atoms with Gasteiger partial charge in [0.2, 0.25) is 0 Å². The molecule has 4 rings (SSSR count). The zero-order valence-electron chi connectivity index (χ0n) is 17.4. The second-order valence-corrected chi connectivity index (χ2v) is 6.82. The first-order valence-electron chi connectivity index (χ1n) is 9.68. The van der Waals surface area contributed by atoms with Crippen molar-refractivity contribution in [2.45, 2.75) is 12.2 Å². The summed E-state index contributed by atoms with van der Waals surface area (Å²) in [5, 5.41) is 0. The molecule has 0 aliphatic carbocycles. The Morgan fingerprint density at radius 1 is 0.700 bits per heavy atom. The molecule has 0 N–H and O–H groups in total. The number of ether oxygens (including phenoxy) is 2. The molecule has 0 aliphatic rings. The normalized spacial score (nSPS) is 10.8. The van der Waals surface area contributed by atoms with E-state index in [1.165, 1.54) is 0 Å². The maximum atomic E-state index is 6.79. The molecule has 0 radical (unpaired) electrons. The molecule has 0 saturated carbocycles. The maximum Gasteiger partial charge on any atom is 1.00 e. The molecule has 0 saturated heterocycles. The molecule has 0 aliphatic heterocycles. The second kappa shape index (κ2) is 10.3. The van der Waals surface area contributed by atoms with Gasteiger partial charge in [-0.15, -0.1) is 17.7 Å². The van der Waals surface area contributed by atoms with Gasteiger partial charge in [0.25, 0.3) is 0 Å². The SMILES string of the molecule is COc1cc[c-]c(COC(c2ccccc2)(c2ccccc2)c2ccccc2)c1.[Li+]. The van der Waals surface area contributed by atoms with E-state index in [2.05, 4.69) is 78.9 Å². The Morgan fingerprint density at radius 2 is 1.17 bits per heavy atom. The predicted molar refractivity (Wildman–Crippen MR) is 116 cm³/mol. The van der Waals surface area contributed by atoms with Crippen LogP contribution in [0.5, 0.6) is 5.75 Å². The van der Waals surface area contributed by atoms with Crippen molar-refractivity contribution in [3.05, 3.63) is 138 Å². The molecule has 3 heteroatoms. The minimum atomic E-state index is -0.735. The Hall–Kier alpha value is -2.76. The van der Waals surface area contributed by atoms with Gasteiger partial charge in [-0.1, -0.05) is 91.0 Å². The van der Waals surface area contributed by atoms with Crippen LogP contribution in [-0.2, 0) is 16.9 Å². The summed E-state index contributed by atoms with van der Waals surface area (Å²) in [5.41, 5.74) is 3.46. The van der Waals surface area contributed by atoms with E-state index in [1.807, 2.05) is 36.4 Å². The van der Waals surface area contributed by atoms with E-state index in [0.29, 0.717) is 6.61 Å². The number of hydrogen-bond donors (Lipinski definition) is 0. The Balaban J connectivity index is 0.00000256. The standard InChI is InChI=1S/C27H23O2.Li/c1-28-26-19-11-12-22(20-26)21-29-27(23-13-5-2-6-14-23,24-15-7-3-8-16-24)25-17-9-4-10-18-25;/h2-11,13-20H,21H2,1H3;/q-1;+1. The van der Waals surface area contributed by atoms with Crippen LogP contribution in [0.15, 0.2) is 109 Å². The van der Waals surface area contributed by atoms with Gasteiger partial charge >= 0.3 is 18.9 Å². The summed E-state index contributed by atoms with van der Waals surface area (Å²) < 4.78 is 12.2. The Bertz CT molecular complexity index is 937. The van der Waals surface area contributed by atoms with Crippen LogP contribution in [0.4, 0.5) is 0 Å². The van der Waals surface area contributed by atoms with Gasteiger partial charge in [-0.05, 0) is 16.7 Å². The zero-order valence-corrected chi connectivity index (χ0v) is 17.4. The summed E-state index contributed by atoms with van der Waals surface area (Å²) in [6.07, 6.45) is 0. The molecule has 0 heterocycles. The molecule has 144 valence electrons. The van der Waals surface area contributed by atoms with E-state index in [4.69, 9.17) is 9.47 Å². The van der Waals surface area contributed by atoms with Crippen molar-refractivity contribution in [1.82, 2.24) is 0 Å². The summed E-state index contributed by atoms with van der Waals surface area (Å²) in [5.74, 6) is 0.798. The van der Waals surface area contributed by atoms with Gasteiger partial charge in [0.15, 0.2) is 0 Å². The largest absolute Gasteiger partial charge is 1.00 e. The van der Waals surface area contributed by atoms with Crippen LogP contribution >= 0.6 is 0 Å². The monoisotopic (exact) mass is 386 g/mol. The van der Waals surface area contributed by atoms with Crippen molar-refractivity contribution >= 4 is 0 Å². The number of benzene rings is 4. The fourth-order valence-electron chi connectivity index (χ4n) is 3.66. The van der Waals surface area contributed by atoms with Crippen LogP contribution in [0.3, 0.4) is 0 Å². The smallest absolute Gasteiger partial charge is 0.522 e. The summed E-state index contributed by atoms with van der Waals surface area (Å²) >= 11 is 0. The first-order chi connectivity index (χ1) is 14.3. The van der Waals surface area contributed by atoms with Crippen molar-refractivity contribution in [3.8, 4) is 5.75 Å². The number of hydrogen-bond acceptors (Lipinski definition) is 2. The quantitative estimate of drug-likeness (QED) is 0.276. The molecule has 4 aromatic carbocycles. The summed E-state index contributed by atoms with van der Waals surface area (Å²) in [4.78, 5) is 0. The molecular weight excluding hydrogens is 363 g/mol. The summed E-state index contributed by atoms with van der Waals surface area (Å²) in [6.45, 7) is 0.399. The Morgan fingerprint density at radius 3 is 1.60 bits per heavy atom. The molecule has 0 unspecified atom stereocenters. The van der Waals surface area contributed by atoms with Gasteiger partial charge in [-0.2, -0.15) is 12.1 Å². The van der Waals surface area contributed by atoms with E-state index in [-0.39, 0.29) is 18.9 Å². The molecule has 0 spiro atoms. The van der Waals surface area contributed by atoms with Gasteiger partial charge in [-0.3, -0.25) is 0 Å². The van der Waals surface area contributed by atoms with E-state index in [1.54, 1.807) is 7.11 Å². The molecule has 0 aromatic heterocycles. The minimum Gasteiger partial charge on any atom is -0.522 e. The van der Waals surface area contributed by atoms with E-state index < -0.39 is 5.60 Å². The van der Waals surface area contributed by atoms with Crippen molar-refractivity contribution < 1.29 is 28.3 Å². The van der Waals surface area contributed by atoms with Crippen molar-refractivity contribution in [2.75, 3.05) is 7.11 Å². The van der Waals surface area contributed by atoms with Gasteiger partial charge in [0.1, 0.15) is 5.60 Å². The van der Waals surface area contributed by atoms with E-state index in [9.17, 15) is 0 Å². The van der Waals surface area contributed by atoms with Crippen LogP contribution in [-0.4, -0.2) is 7.11 Å². The molecule has 4 aromatic rings. The number of methoxy groups -OCH3 is 1. The van der Waals surface area contributed by atoms with Crippen LogP contribution in [0.25, 0.3) is 0 Å². The molecule has 0 amide bonds. The van der Waals surface area contributed by atoms with Crippen molar-refractivity contribution in [1.29, 1.82) is 0 Å².